The maximum Gasteiger partial charge on any atom is 0.416 e. The van der Waals surface area contributed by atoms with Gasteiger partial charge in [0.2, 0.25) is 0 Å². The minimum atomic E-state index is -4.40. The molecule has 0 aliphatic carbocycles. The molecule has 25 heavy (non-hydrogen) atoms. The van der Waals surface area contributed by atoms with Crippen molar-refractivity contribution in [1.29, 1.82) is 0 Å². The maximum atomic E-state index is 12.8. The lowest BCUT2D eigenvalue weighted by atomic mass is 10.1. The number of hydrogen-bond donors (Lipinski definition) is 1. The highest BCUT2D eigenvalue weighted by Gasteiger charge is 2.30. The second kappa shape index (κ2) is 6.72. The first-order chi connectivity index (χ1) is 11.8. The molecule has 130 valence electrons. The van der Waals surface area contributed by atoms with Crippen molar-refractivity contribution < 1.29 is 13.2 Å². The average Bonchev–Trinajstić information content (AvgIpc) is 2.57. The van der Waals surface area contributed by atoms with Crippen LogP contribution >= 0.6 is 27.7 Å². The third kappa shape index (κ3) is 3.82. The van der Waals surface area contributed by atoms with E-state index in [1.165, 1.54) is 6.07 Å². The molecule has 0 amide bonds. The average molecular weight is 430 g/mol. The fraction of sp³-hybridized carbons (Fsp3) is 0.125. The topological polar surface area (TPSA) is 60.9 Å². The first-order valence-electron chi connectivity index (χ1n) is 7.02. The lowest BCUT2D eigenvalue weighted by Gasteiger charge is -2.10. The first-order valence-corrected chi connectivity index (χ1v) is 8.80. The van der Waals surface area contributed by atoms with Gasteiger partial charge in [-0.1, -0.05) is 45.9 Å². The Hall–Kier alpha value is -2.00. The highest BCUT2D eigenvalue weighted by molar-refractivity contribution is 9.10. The van der Waals surface area contributed by atoms with Gasteiger partial charge in [0.1, 0.15) is 0 Å². The number of halogens is 4. The molecular weight excluding hydrogens is 419 g/mol. The predicted octanol–water partition coefficient (Wildman–Crippen LogP) is 4.18. The molecule has 9 heteroatoms. The lowest BCUT2D eigenvalue weighted by molar-refractivity contribution is -0.137. The van der Waals surface area contributed by atoms with E-state index >= 15 is 0 Å². The van der Waals surface area contributed by atoms with Gasteiger partial charge in [0.25, 0.3) is 5.56 Å². The number of fused-ring (bicyclic) bond motifs is 1. The Bertz CT molecular complexity index is 1000. The number of alkyl halides is 3. The van der Waals surface area contributed by atoms with Crippen LogP contribution < -0.4 is 11.4 Å². The van der Waals surface area contributed by atoms with Gasteiger partial charge in [-0.2, -0.15) is 13.2 Å². The van der Waals surface area contributed by atoms with Crippen molar-refractivity contribution >= 4 is 38.6 Å². The van der Waals surface area contributed by atoms with Crippen molar-refractivity contribution in [2.75, 3.05) is 5.84 Å². The highest BCUT2D eigenvalue weighted by Crippen LogP contribution is 2.31. The van der Waals surface area contributed by atoms with Crippen molar-refractivity contribution in [3.8, 4) is 0 Å². The van der Waals surface area contributed by atoms with E-state index in [-0.39, 0.29) is 10.9 Å². The molecule has 3 rings (SSSR count). The minimum Gasteiger partial charge on any atom is -0.334 e. The van der Waals surface area contributed by atoms with Gasteiger partial charge in [-0.25, -0.2) is 9.66 Å². The van der Waals surface area contributed by atoms with Crippen LogP contribution in [0.4, 0.5) is 13.2 Å². The SMILES string of the molecule is Nn1c(SCc2cccc(C(F)(F)F)c2)nc2ccc(Br)cc2c1=O. The smallest absolute Gasteiger partial charge is 0.334 e. The van der Waals surface area contributed by atoms with Crippen LogP contribution in [0.5, 0.6) is 0 Å². The molecule has 0 saturated carbocycles. The van der Waals surface area contributed by atoms with E-state index in [9.17, 15) is 18.0 Å². The molecular formula is C16H11BrF3N3OS. The zero-order valence-corrected chi connectivity index (χ0v) is 15.0. The number of benzene rings is 2. The molecule has 0 saturated heterocycles. The van der Waals surface area contributed by atoms with Crippen LogP contribution in [0.2, 0.25) is 0 Å². The Morgan fingerprint density at radius 1 is 1.20 bits per heavy atom. The number of rotatable bonds is 3. The largest absolute Gasteiger partial charge is 0.416 e. The summed E-state index contributed by atoms with van der Waals surface area (Å²) >= 11 is 4.38. The molecule has 4 nitrogen and oxygen atoms in total. The molecule has 2 N–H and O–H groups in total. The van der Waals surface area contributed by atoms with Gasteiger partial charge in [-0.15, -0.1) is 0 Å². The van der Waals surface area contributed by atoms with Crippen molar-refractivity contribution in [3.05, 3.63) is 68.4 Å². The Balaban J connectivity index is 1.90. The van der Waals surface area contributed by atoms with Crippen molar-refractivity contribution in [3.63, 3.8) is 0 Å². The second-order valence-corrected chi connectivity index (χ2v) is 7.08. The summed E-state index contributed by atoms with van der Waals surface area (Å²) in [7, 11) is 0. The van der Waals surface area contributed by atoms with Crippen LogP contribution in [0.1, 0.15) is 11.1 Å². The van der Waals surface area contributed by atoms with Crippen molar-refractivity contribution in [1.82, 2.24) is 9.66 Å². The number of hydrogen-bond acceptors (Lipinski definition) is 4. The van der Waals surface area contributed by atoms with Crippen molar-refractivity contribution in [2.24, 2.45) is 0 Å². The molecule has 0 fully saturated rings. The normalized spacial score (nSPS) is 11.8. The summed E-state index contributed by atoms with van der Waals surface area (Å²) in [5.74, 6) is 5.99. The third-order valence-corrected chi connectivity index (χ3v) is 4.97. The summed E-state index contributed by atoms with van der Waals surface area (Å²) in [4.78, 5) is 16.6. The van der Waals surface area contributed by atoms with Gasteiger partial charge in [0.15, 0.2) is 5.16 Å². The number of thioether (sulfide) groups is 1. The molecule has 0 atom stereocenters. The second-order valence-electron chi connectivity index (χ2n) is 5.22. The zero-order valence-electron chi connectivity index (χ0n) is 12.5. The number of nitrogens with zero attached hydrogens (tertiary/aromatic N) is 2. The quantitative estimate of drug-likeness (QED) is 0.385. The number of nitrogen functional groups attached to an aromatic ring is 1. The monoisotopic (exact) mass is 429 g/mol. The molecule has 0 aliphatic heterocycles. The fourth-order valence-electron chi connectivity index (χ4n) is 2.24. The molecule has 2 aromatic carbocycles. The van der Waals surface area contributed by atoms with Gasteiger partial charge in [0, 0.05) is 10.2 Å². The third-order valence-electron chi connectivity index (χ3n) is 3.45. The molecule has 0 radical (unpaired) electrons. The number of nitrogens with two attached hydrogens (primary N) is 1. The van der Waals surface area contributed by atoms with E-state index in [2.05, 4.69) is 20.9 Å². The summed E-state index contributed by atoms with van der Waals surface area (Å²) in [5.41, 5.74) is -0.198. The van der Waals surface area contributed by atoms with Gasteiger partial charge in [0.05, 0.1) is 16.5 Å². The zero-order chi connectivity index (χ0) is 18.2. The van der Waals surface area contributed by atoms with Crippen LogP contribution in [-0.2, 0) is 11.9 Å². The molecule has 0 bridgehead atoms. The Morgan fingerprint density at radius 3 is 2.68 bits per heavy atom. The summed E-state index contributed by atoms with van der Waals surface area (Å²) in [6.07, 6.45) is -4.40. The van der Waals surface area contributed by atoms with Crippen LogP contribution in [0.15, 0.2) is 56.9 Å². The van der Waals surface area contributed by atoms with E-state index in [1.54, 1.807) is 24.3 Å². The lowest BCUT2D eigenvalue weighted by Crippen LogP contribution is -2.29. The van der Waals surface area contributed by atoms with Gasteiger partial charge in [-0.05, 0) is 29.8 Å². The molecule has 0 spiro atoms. The van der Waals surface area contributed by atoms with Gasteiger partial charge in [-0.3, -0.25) is 4.79 Å². The molecule has 1 heterocycles. The molecule has 1 aromatic heterocycles. The molecule has 3 aromatic rings. The van der Waals surface area contributed by atoms with Gasteiger partial charge >= 0.3 is 6.18 Å². The predicted molar refractivity (Wildman–Crippen MR) is 94.9 cm³/mol. The minimum absolute atomic E-state index is 0.204. The van der Waals surface area contributed by atoms with Crippen LogP contribution in [-0.4, -0.2) is 9.66 Å². The molecule has 0 unspecified atom stereocenters. The Labute approximate surface area is 153 Å². The summed E-state index contributed by atoms with van der Waals surface area (Å²) in [5, 5.41) is 0.595. The van der Waals surface area contributed by atoms with Crippen LogP contribution in [0.25, 0.3) is 10.9 Å². The van der Waals surface area contributed by atoms with E-state index in [1.807, 2.05) is 0 Å². The van der Waals surface area contributed by atoms with Crippen LogP contribution in [0.3, 0.4) is 0 Å². The van der Waals surface area contributed by atoms with Crippen molar-refractivity contribution in [2.45, 2.75) is 17.1 Å². The van der Waals surface area contributed by atoms with E-state index in [0.717, 1.165) is 33.0 Å². The van der Waals surface area contributed by atoms with Crippen LogP contribution in [0, 0.1) is 0 Å². The Kier molecular flexibility index (Phi) is 4.79. The fourth-order valence-corrected chi connectivity index (χ4v) is 3.46. The van der Waals surface area contributed by atoms with E-state index in [4.69, 9.17) is 5.84 Å². The van der Waals surface area contributed by atoms with E-state index in [0.29, 0.717) is 16.5 Å². The number of aromatic nitrogens is 2. The standard InChI is InChI=1S/C16H11BrF3N3OS/c17-11-4-5-13-12(7-11)14(24)23(21)15(22-13)25-8-9-2-1-3-10(6-9)16(18,19)20/h1-7H,8,21H2. The summed E-state index contributed by atoms with van der Waals surface area (Å²) in [6, 6.07) is 10.1. The summed E-state index contributed by atoms with van der Waals surface area (Å²) < 4.78 is 39.9. The van der Waals surface area contributed by atoms with E-state index < -0.39 is 17.3 Å². The Morgan fingerprint density at radius 2 is 1.96 bits per heavy atom. The first kappa shape index (κ1) is 17.8. The summed E-state index contributed by atoms with van der Waals surface area (Å²) in [6.45, 7) is 0. The van der Waals surface area contributed by atoms with Gasteiger partial charge < -0.3 is 5.84 Å². The molecule has 0 aliphatic rings. The maximum absolute atomic E-state index is 12.8. The highest BCUT2D eigenvalue weighted by atomic mass is 79.9.